The predicted octanol–water partition coefficient (Wildman–Crippen LogP) is 0.698. The summed E-state index contributed by atoms with van der Waals surface area (Å²) in [6.07, 6.45) is 0. The lowest BCUT2D eigenvalue weighted by Gasteiger charge is -2.09. The Morgan fingerprint density at radius 1 is 1.35 bits per heavy atom. The van der Waals surface area contributed by atoms with Gasteiger partial charge in [0.1, 0.15) is 12.2 Å². The van der Waals surface area contributed by atoms with Gasteiger partial charge in [-0.15, -0.1) is 5.10 Å². The van der Waals surface area contributed by atoms with Gasteiger partial charge in [0.2, 0.25) is 5.91 Å². The van der Waals surface area contributed by atoms with Gasteiger partial charge in [-0.3, -0.25) is 4.79 Å². The SMILES string of the molecule is CNC(=O)Cn1nnc(C(=O)O)c1-c1ccccc1C. The number of aryl methyl sites for hydroxylation is 1. The van der Waals surface area contributed by atoms with E-state index in [0.29, 0.717) is 11.3 Å². The minimum absolute atomic E-state index is 0.0829. The van der Waals surface area contributed by atoms with Crippen molar-refractivity contribution < 1.29 is 14.7 Å². The average molecular weight is 274 g/mol. The molecule has 0 unspecified atom stereocenters. The van der Waals surface area contributed by atoms with Gasteiger partial charge in [-0.2, -0.15) is 0 Å². The molecule has 1 amide bonds. The number of carboxylic acid groups (broad SMARTS) is 1. The summed E-state index contributed by atoms with van der Waals surface area (Å²) in [4.78, 5) is 22.7. The third-order valence-corrected chi connectivity index (χ3v) is 2.91. The first kappa shape index (κ1) is 13.7. The van der Waals surface area contributed by atoms with Gasteiger partial charge in [0.15, 0.2) is 5.69 Å². The summed E-state index contributed by atoms with van der Waals surface area (Å²) in [7, 11) is 1.50. The fourth-order valence-electron chi connectivity index (χ4n) is 1.89. The van der Waals surface area contributed by atoms with Crippen molar-refractivity contribution in [3.05, 3.63) is 35.5 Å². The van der Waals surface area contributed by atoms with E-state index in [-0.39, 0.29) is 18.1 Å². The van der Waals surface area contributed by atoms with Gasteiger partial charge >= 0.3 is 5.97 Å². The van der Waals surface area contributed by atoms with E-state index in [4.69, 9.17) is 0 Å². The van der Waals surface area contributed by atoms with Gasteiger partial charge in [0.25, 0.3) is 0 Å². The van der Waals surface area contributed by atoms with Crippen LogP contribution >= 0.6 is 0 Å². The number of rotatable bonds is 4. The predicted molar refractivity (Wildman–Crippen MR) is 71.2 cm³/mol. The van der Waals surface area contributed by atoms with Crippen LogP contribution in [0.15, 0.2) is 24.3 Å². The number of aromatic nitrogens is 3. The highest BCUT2D eigenvalue weighted by Crippen LogP contribution is 2.25. The molecule has 7 nitrogen and oxygen atoms in total. The summed E-state index contributed by atoms with van der Waals surface area (Å²) in [5.41, 5.74) is 1.75. The van der Waals surface area contributed by atoms with Crippen LogP contribution in [0.3, 0.4) is 0 Å². The zero-order valence-electron chi connectivity index (χ0n) is 11.1. The smallest absolute Gasteiger partial charge is 0.358 e. The molecule has 0 spiro atoms. The lowest BCUT2D eigenvalue weighted by atomic mass is 10.0. The number of amides is 1. The summed E-state index contributed by atoms with van der Waals surface area (Å²) in [5, 5.41) is 19.1. The van der Waals surface area contributed by atoms with Gasteiger partial charge in [-0.05, 0) is 12.5 Å². The molecule has 2 aromatic rings. The maximum absolute atomic E-state index is 11.5. The molecule has 20 heavy (non-hydrogen) atoms. The number of aromatic carboxylic acids is 1. The zero-order chi connectivity index (χ0) is 14.7. The fourth-order valence-corrected chi connectivity index (χ4v) is 1.89. The van der Waals surface area contributed by atoms with Crippen molar-refractivity contribution in [3.8, 4) is 11.3 Å². The normalized spacial score (nSPS) is 10.3. The number of hydrogen-bond acceptors (Lipinski definition) is 4. The Morgan fingerprint density at radius 2 is 2.05 bits per heavy atom. The van der Waals surface area contributed by atoms with Gasteiger partial charge in [0, 0.05) is 12.6 Å². The van der Waals surface area contributed by atoms with Crippen LogP contribution in [0, 0.1) is 6.92 Å². The summed E-state index contributed by atoms with van der Waals surface area (Å²) in [6.45, 7) is 1.78. The second-order valence-electron chi connectivity index (χ2n) is 4.24. The van der Waals surface area contributed by atoms with Crippen molar-refractivity contribution in [1.29, 1.82) is 0 Å². The molecule has 0 atom stereocenters. The topological polar surface area (TPSA) is 97.1 Å². The minimum atomic E-state index is -1.17. The quantitative estimate of drug-likeness (QED) is 0.855. The van der Waals surface area contributed by atoms with Crippen molar-refractivity contribution in [1.82, 2.24) is 20.3 Å². The lowest BCUT2D eigenvalue weighted by molar-refractivity contribution is -0.121. The molecule has 0 aliphatic rings. The van der Waals surface area contributed by atoms with Crippen LogP contribution in [0.25, 0.3) is 11.3 Å². The standard InChI is InChI=1S/C13H14N4O3/c1-8-5-3-4-6-9(8)12-11(13(19)20)15-16-17(12)7-10(18)14-2/h3-6H,7H2,1-2H3,(H,14,18)(H,19,20). The molecule has 2 rings (SSSR count). The van der Waals surface area contributed by atoms with E-state index in [1.54, 1.807) is 12.1 Å². The molecule has 0 fully saturated rings. The fraction of sp³-hybridized carbons (Fsp3) is 0.231. The number of carbonyl (C=O) groups is 2. The zero-order valence-corrected chi connectivity index (χ0v) is 11.1. The van der Waals surface area contributed by atoms with E-state index >= 15 is 0 Å². The van der Waals surface area contributed by atoms with Gasteiger partial charge < -0.3 is 10.4 Å². The third kappa shape index (κ3) is 2.51. The molecule has 1 heterocycles. The Kier molecular flexibility index (Phi) is 3.79. The number of hydrogen-bond donors (Lipinski definition) is 2. The average Bonchev–Trinajstić information content (AvgIpc) is 2.83. The van der Waals surface area contributed by atoms with E-state index in [0.717, 1.165) is 5.56 Å². The number of nitrogens with zero attached hydrogens (tertiary/aromatic N) is 3. The van der Waals surface area contributed by atoms with E-state index in [9.17, 15) is 14.7 Å². The molecule has 0 aliphatic heterocycles. The Bertz CT molecular complexity index is 663. The molecule has 104 valence electrons. The van der Waals surface area contributed by atoms with Gasteiger partial charge in [-0.25, -0.2) is 9.48 Å². The first-order chi connectivity index (χ1) is 9.54. The van der Waals surface area contributed by atoms with Crippen LogP contribution in [0.2, 0.25) is 0 Å². The maximum Gasteiger partial charge on any atom is 0.358 e. The summed E-state index contributed by atoms with van der Waals surface area (Å²) in [6, 6.07) is 7.29. The molecule has 1 aromatic heterocycles. The number of likely N-dealkylation sites (N-methyl/N-ethyl adjacent to an activating group) is 1. The van der Waals surface area contributed by atoms with Crippen molar-refractivity contribution in [2.24, 2.45) is 0 Å². The molecular weight excluding hydrogens is 260 g/mol. The highest BCUT2D eigenvalue weighted by atomic mass is 16.4. The largest absolute Gasteiger partial charge is 0.476 e. The first-order valence-electron chi connectivity index (χ1n) is 5.98. The first-order valence-corrected chi connectivity index (χ1v) is 5.98. The second kappa shape index (κ2) is 5.52. The van der Waals surface area contributed by atoms with Crippen molar-refractivity contribution in [2.45, 2.75) is 13.5 Å². The minimum Gasteiger partial charge on any atom is -0.476 e. The van der Waals surface area contributed by atoms with Crippen molar-refractivity contribution >= 4 is 11.9 Å². The van der Waals surface area contributed by atoms with E-state index in [2.05, 4.69) is 15.6 Å². The summed E-state index contributed by atoms with van der Waals surface area (Å²) >= 11 is 0. The van der Waals surface area contributed by atoms with Crippen LogP contribution < -0.4 is 5.32 Å². The Balaban J connectivity index is 2.59. The van der Waals surface area contributed by atoms with Crippen LogP contribution in [-0.2, 0) is 11.3 Å². The van der Waals surface area contributed by atoms with Crippen LogP contribution in [-0.4, -0.2) is 39.0 Å². The van der Waals surface area contributed by atoms with Crippen LogP contribution in [0.5, 0.6) is 0 Å². The molecule has 2 N–H and O–H groups in total. The summed E-state index contributed by atoms with van der Waals surface area (Å²) < 4.78 is 1.30. The molecule has 0 saturated heterocycles. The monoisotopic (exact) mass is 274 g/mol. The van der Waals surface area contributed by atoms with Crippen molar-refractivity contribution in [2.75, 3.05) is 7.05 Å². The second-order valence-corrected chi connectivity index (χ2v) is 4.24. The van der Waals surface area contributed by atoms with Crippen molar-refractivity contribution in [3.63, 3.8) is 0 Å². The number of carboxylic acids is 1. The van der Waals surface area contributed by atoms with Gasteiger partial charge in [0.05, 0.1) is 0 Å². The Labute approximate surface area is 115 Å². The highest BCUT2D eigenvalue weighted by Gasteiger charge is 2.22. The molecule has 1 aromatic carbocycles. The Morgan fingerprint density at radius 3 is 2.65 bits per heavy atom. The molecular formula is C13H14N4O3. The van der Waals surface area contributed by atoms with Gasteiger partial charge in [-0.1, -0.05) is 29.5 Å². The van der Waals surface area contributed by atoms with E-state index < -0.39 is 5.97 Å². The highest BCUT2D eigenvalue weighted by molar-refractivity contribution is 5.93. The number of nitrogens with one attached hydrogen (secondary N) is 1. The third-order valence-electron chi connectivity index (χ3n) is 2.91. The van der Waals surface area contributed by atoms with E-state index in [1.807, 2.05) is 19.1 Å². The maximum atomic E-state index is 11.5. The lowest BCUT2D eigenvalue weighted by Crippen LogP contribution is -2.24. The Hall–Kier alpha value is -2.70. The molecule has 0 saturated carbocycles. The summed E-state index contributed by atoms with van der Waals surface area (Å²) in [5.74, 6) is -1.45. The van der Waals surface area contributed by atoms with Crippen LogP contribution in [0.4, 0.5) is 0 Å². The molecule has 0 radical (unpaired) electrons. The van der Waals surface area contributed by atoms with Crippen LogP contribution in [0.1, 0.15) is 16.1 Å². The molecule has 0 bridgehead atoms. The number of carbonyl (C=O) groups excluding carboxylic acids is 1. The molecule has 7 heteroatoms. The molecule has 0 aliphatic carbocycles. The number of benzene rings is 1. The van der Waals surface area contributed by atoms with E-state index in [1.165, 1.54) is 11.7 Å².